The first-order valence-electron chi connectivity index (χ1n) is 16.0. The molecule has 0 saturated carbocycles. The van der Waals surface area contributed by atoms with E-state index in [0.717, 1.165) is 73.8 Å². The Bertz CT molecular complexity index is 1660. The average molecular weight is 573 g/mol. The summed E-state index contributed by atoms with van der Waals surface area (Å²) in [5.74, 6) is 3.66. The number of aromatic amines is 2. The standard InChI is InChI=1S/C38H44N4O/c1-3-4-5-6-7-8-9-10-11-24-43-34-18-15-29(16-19-34)35-25-30-12-13-31(26-36(30)39-35)37-27-32-14-17-33(28-38(32)40-37)42-22-20-41(2)21-23-42/h1,12-19,25-28,39-40H,4-11,20-24H2,2H3. The van der Waals surface area contributed by atoms with E-state index < -0.39 is 0 Å². The molecule has 0 spiro atoms. The van der Waals surface area contributed by atoms with Crippen LogP contribution in [0.5, 0.6) is 5.75 Å². The van der Waals surface area contributed by atoms with E-state index in [1.807, 2.05) is 0 Å². The highest BCUT2D eigenvalue weighted by molar-refractivity contribution is 5.92. The quantitative estimate of drug-likeness (QED) is 0.109. The molecule has 43 heavy (non-hydrogen) atoms. The number of benzene rings is 3. The van der Waals surface area contributed by atoms with Gasteiger partial charge in [0.2, 0.25) is 0 Å². The number of aromatic nitrogens is 2. The molecular weight excluding hydrogens is 528 g/mol. The van der Waals surface area contributed by atoms with Crippen LogP contribution in [-0.2, 0) is 0 Å². The zero-order valence-corrected chi connectivity index (χ0v) is 25.5. The first-order valence-corrected chi connectivity index (χ1v) is 16.0. The normalized spacial score (nSPS) is 14.0. The van der Waals surface area contributed by atoms with Gasteiger partial charge < -0.3 is 24.5 Å². The number of ether oxygens (including phenoxy) is 1. The third kappa shape index (κ3) is 7.27. The molecule has 5 nitrogen and oxygen atoms in total. The van der Waals surface area contributed by atoms with Crippen molar-refractivity contribution in [2.75, 3.05) is 44.7 Å². The molecule has 0 unspecified atom stereocenters. The molecule has 5 aromatic rings. The van der Waals surface area contributed by atoms with Gasteiger partial charge in [0.1, 0.15) is 5.75 Å². The topological polar surface area (TPSA) is 47.3 Å². The Hall–Kier alpha value is -4.14. The van der Waals surface area contributed by atoms with E-state index in [1.165, 1.54) is 66.1 Å². The number of H-pyrrole nitrogens is 2. The van der Waals surface area contributed by atoms with Gasteiger partial charge in [-0.25, -0.2) is 0 Å². The number of nitrogens with one attached hydrogen (secondary N) is 2. The molecule has 2 N–H and O–H groups in total. The Kier molecular flexibility index (Phi) is 9.35. The molecule has 222 valence electrons. The van der Waals surface area contributed by atoms with Crippen LogP contribution < -0.4 is 9.64 Å². The number of terminal acetylenes is 1. The molecule has 0 atom stereocenters. The van der Waals surface area contributed by atoms with Crippen LogP contribution in [-0.4, -0.2) is 54.7 Å². The van der Waals surface area contributed by atoms with Crippen LogP contribution in [0, 0.1) is 12.3 Å². The van der Waals surface area contributed by atoms with Crippen molar-refractivity contribution in [1.82, 2.24) is 14.9 Å². The second-order valence-corrected chi connectivity index (χ2v) is 12.0. The number of anilines is 1. The van der Waals surface area contributed by atoms with Gasteiger partial charge >= 0.3 is 0 Å². The number of piperazine rings is 1. The zero-order chi connectivity index (χ0) is 29.4. The van der Waals surface area contributed by atoms with Crippen molar-refractivity contribution in [2.24, 2.45) is 0 Å². The maximum Gasteiger partial charge on any atom is 0.119 e. The Morgan fingerprint density at radius 1 is 0.674 bits per heavy atom. The minimum atomic E-state index is 0.774. The van der Waals surface area contributed by atoms with Crippen molar-refractivity contribution in [3.05, 3.63) is 72.8 Å². The SMILES string of the molecule is C#CCCCCCCCCCOc1ccc(-c2cc3ccc(-c4cc5ccc(N6CCN(C)CC6)cc5[nH]4)cc3[nH]2)cc1. The van der Waals surface area contributed by atoms with E-state index in [9.17, 15) is 0 Å². The fourth-order valence-electron chi connectivity index (χ4n) is 6.12. The van der Waals surface area contributed by atoms with Crippen LogP contribution >= 0.6 is 0 Å². The number of unbranched alkanes of at least 4 members (excludes halogenated alkanes) is 7. The highest BCUT2D eigenvalue weighted by atomic mass is 16.5. The number of hydrogen-bond donors (Lipinski definition) is 2. The molecule has 1 aliphatic rings. The van der Waals surface area contributed by atoms with Crippen molar-refractivity contribution < 1.29 is 4.74 Å². The fourth-order valence-corrected chi connectivity index (χ4v) is 6.12. The molecule has 1 saturated heterocycles. The second-order valence-electron chi connectivity index (χ2n) is 12.0. The Morgan fingerprint density at radius 2 is 1.28 bits per heavy atom. The predicted molar refractivity (Wildman–Crippen MR) is 182 cm³/mol. The molecule has 1 fully saturated rings. The summed E-state index contributed by atoms with van der Waals surface area (Å²) in [7, 11) is 2.20. The highest BCUT2D eigenvalue weighted by Gasteiger charge is 2.15. The summed E-state index contributed by atoms with van der Waals surface area (Å²) in [4.78, 5) is 12.2. The molecule has 0 aliphatic carbocycles. The van der Waals surface area contributed by atoms with Gasteiger partial charge in [-0.05, 0) is 80.1 Å². The summed E-state index contributed by atoms with van der Waals surface area (Å²) < 4.78 is 6.01. The molecule has 3 heterocycles. The van der Waals surface area contributed by atoms with Crippen LogP contribution in [0.4, 0.5) is 5.69 Å². The summed E-state index contributed by atoms with van der Waals surface area (Å²) in [6.07, 6.45) is 14.8. The lowest BCUT2D eigenvalue weighted by Crippen LogP contribution is -2.44. The van der Waals surface area contributed by atoms with Crippen molar-refractivity contribution in [2.45, 2.75) is 51.4 Å². The van der Waals surface area contributed by atoms with Gasteiger partial charge in [-0.15, -0.1) is 12.3 Å². The summed E-state index contributed by atoms with van der Waals surface area (Å²) in [6, 6.07) is 26.4. The number of likely N-dealkylation sites (N-methyl/N-ethyl adjacent to an activating group) is 1. The molecule has 0 bridgehead atoms. The second kappa shape index (κ2) is 13.9. The summed E-state index contributed by atoms with van der Waals surface area (Å²) in [5, 5.41) is 2.46. The summed E-state index contributed by atoms with van der Waals surface area (Å²) >= 11 is 0. The molecule has 0 radical (unpaired) electrons. The lowest BCUT2D eigenvalue weighted by Gasteiger charge is -2.34. The van der Waals surface area contributed by atoms with Crippen LogP contribution in [0.3, 0.4) is 0 Å². The number of nitrogens with zero attached hydrogens (tertiary/aromatic N) is 2. The van der Waals surface area contributed by atoms with E-state index in [4.69, 9.17) is 11.2 Å². The lowest BCUT2D eigenvalue weighted by molar-refractivity contribution is 0.304. The fraction of sp³-hybridized carbons (Fsp3) is 0.368. The van der Waals surface area contributed by atoms with Crippen molar-refractivity contribution in [3.8, 4) is 40.6 Å². The third-order valence-electron chi connectivity index (χ3n) is 8.81. The monoisotopic (exact) mass is 572 g/mol. The average Bonchev–Trinajstić information content (AvgIpc) is 3.66. The van der Waals surface area contributed by atoms with E-state index in [0.29, 0.717) is 0 Å². The predicted octanol–water partition coefficient (Wildman–Crippen LogP) is 8.87. The maximum atomic E-state index is 6.01. The van der Waals surface area contributed by atoms with E-state index in [-0.39, 0.29) is 0 Å². The molecule has 5 heteroatoms. The smallest absolute Gasteiger partial charge is 0.119 e. The largest absolute Gasteiger partial charge is 0.494 e. The van der Waals surface area contributed by atoms with E-state index in [2.05, 4.69) is 106 Å². The van der Waals surface area contributed by atoms with E-state index in [1.54, 1.807) is 0 Å². The molecule has 6 rings (SSSR count). The Balaban J connectivity index is 1.05. The van der Waals surface area contributed by atoms with Gasteiger partial charge in [-0.3, -0.25) is 0 Å². The molecule has 2 aromatic heterocycles. The van der Waals surface area contributed by atoms with Gasteiger partial charge in [0.15, 0.2) is 0 Å². The Labute approximate surface area is 256 Å². The number of fused-ring (bicyclic) bond motifs is 2. The number of hydrogen-bond acceptors (Lipinski definition) is 3. The van der Waals surface area contributed by atoms with Crippen LogP contribution in [0.2, 0.25) is 0 Å². The summed E-state index contributed by atoms with van der Waals surface area (Å²) in [5.41, 5.74) is 8.24. The lowest BCUT2D eigenvalue weighted by atomic mass is 10.1. The maximum absolute atomic E-state index is 6.01. The Morgan fingerprint density at radius 3 is 2.00 bits per heavy atom. The molecule has 3 aromatic carbocycles. The zero-order valence-electron chi connectivity index (χ0n) is 25.5. The van der Waals surface area contributed by atoms with Gasteiger partial charge in [-0.1, -0.05) is 50.3 Å². The molecule has 1 aliphatic heterocycles. The van der Waals surface area contributed by atoms with Crippen molar-refractivity contribution in [3.63, 3.8) is 0 Å². The third-order valence-corrected chi connectivity index (χ3v) is 8.81. The highest BCUT2D eigenvalue weighted by Crippen LogP contribution is 2.32. The van der Waals surface area contributed by atoms with Crippen LogP contribution in [0.1, 0.15) is 51.4 Å². The first kappa shape index (κ1) is 29.0. The molecular formula is C38H44N4O. The van der Waals surface area contributed by atoms with E-state index >= 15 is 0 Å². The van der Waals surface area contributed by atoms with Crippen molar-refractivity contribution >= 4 is 27.5 Å². The number of rotatable bonds is 13. The minimum Gasteiger partial charge on any atom is -0.494 e. The van der Waals surface area contributed by atoms with Gasteiger partial charge in [-0.2, -0.15) is 0 Å². The van der Waals surface area contributed by atoms with Crippen molar-refractivity contribution in [1.29, 1.82) is 0 Å². The summed E-state index contributed by atoms with van der Waals surface area (Å²) in [6.45, 7) is 5.15. The van der Waals surface area contributed by atoms with Crippen LogP contribution in [0.25, 0.3) is 44.3 Å². The van der Waals surface area contributed by atoms with Gasteiger partial charge in [0.25, 0.3) is 0 Å². The molecule has 0 amide bonds. The van der Waals surface area contributed by atoms with Gasteiger partial charge in [0.05, 0.1) is 6.61 Å². The minimum absolute atomic E-state index is 0.774. The van der Waals surface area contributed by atoms with Gasteiger partial charge in [0, 0.05) is 77.0 Å². The first-order chi connectivity index (χ1) is 21.2. The van der Waals surface area contributed by atoms with Crippen LogP contribution in [0.15, 0.2) is 72.8 Å².